The first-order valence-electron chi connectivity index (χ1n) is 7.48. The van der Waals surface area contributed by atoms with E-state index in [1.165, 1.54) is 5.56 Å². The normalized spacial score (nSPS) is 10.5. The van der Waals surface area contributed by atoms with Crippen molar-refractivity contribution in [2.45, 2.75) is 27.7 Å². The summed E-state index contributed by atoms with van der Waals surface area (Å²) in [5.41, 5.74) is 2.36. The van der Waals surface area contributed by atoms with E-state index in [4.69, 9.17) is 0 Å². The summed E-state index contributed by atoms with van der Waals surface area (Å²) in [7, 11) is 0. The molecule has 0 bridgehead atoms. The van der Waals surface area contributed by atoms with Crippen LogP contribution in [0.4, 0.5) is 17.5 Å². The lowest BCUT2D eigenvalue weighted by atomic mass is 10.2. The minimum atomic E-state index is 0.684. The van der Waals surface area contributed by atoms with E-state index in [0.717, 1.165) is 31.1 Å². The summed E-state index contributed by atoms with van der Waals surface area (Å²) in [6.45, 7) is 11.0. The maximum absolute atomic E-state index is 4.67. The number of aromatic nitrogens is 3. The number of aryl methyl sites for hydroxylation is 1. The fraction of sp³-hybridized carbons (Fsp3) is 0.438. The molecule has 21 heavy (non-hydrogen) atoms. The van der Waals surface area contributed by atoms with Crippen LogP contribution in [0.3, 0.4) is 0 Å². The van der Waals surface area contributed by atoms with E-state index in [1.54, 1.807) is 6.20 Å². The zero-order chi connectivity index (χ0) is 15.2. The highest BCUT2D eigenvalue weighted by molar-refractivity contribution is 5.60. The quantitative estimate of drug-likeness (QED) is 0.815. The van der Waals surface area contributed by atoms with Crippen LogP contribution >= 0.6 is 0 Å². The molecule has 5 nitrogen and oxygen atoms in total. The second kappa shape index (κ2) is 7.02. The van der Waals surface area contributed by atoms with Crippen molar-refractivity contribution in [2.24, 2.45) is 0 Å². The number of anilines is 3. The van der Waals surface area contributed by atoms with E-state index < -0.39 is 0 Å². The first kappa shape index (κ1) is 15.2. The van der Waals surface area contributed by atoms with Crippen LogP contribution in [0.2, 0.25) is 0 Å². The second-order valence-electron chi connectivity index (χ2n) is 4.87. The first-order chi connectivity index (χ1) is 10.2. The summed E-state index contributed by atoms with van der Waals surface area (Å²) < 4.78 is 0. The summed E-state index contributed by atoms with van der Waals surface area (Å²) in [4.78, 5) is 8.92. The Morgan fingerprint density at radius 1 is 1.05 bits per heavy atom. The Morgan fingerprint density at radius 3 is 2.43 bits per heavy atom. The van der Waals surface area contributed by atoms with Crippen molar-refractivity contribution in [3.8, 4) is 0 Å². The topological polar surface area (TPSA) is 45.2 Å². The van der Waals surface area contributed by atoms with Gasteiger partial charge in [0.15, 0.2) is 5.82 Å². The second-order valence-corrected chi connectivity index (χ2v) is 4.87. The number of benzene rings is 1. The van der Waals surface area contributed by atoms with Gasteiger partial charge in [0.2, 0.25) is 5.95 Å². The summed E-state index contributed by atoms with van der Waals surface area (Å²) in [5, 5.41) is 8.27. The molecule has 0 aliphatic rings. The lowest BCUT2D eigenvalue weighted by Crippen LogP contribution is -2.26. The van der Waals surface area contributed by atoms with Crippen LogP contribution in [0.1, 0.15) is 26.3 Å². The van der Waals surface area contributed by atoms with Gasteiger partial charge in [-0.25, -0.2) is 0 Å². The molecule has 0 radical (unpaired) electrons. The molecule has 0 aliphatic heterocycles. The lowest BCUT2D eigenvalue weighted by Gasteiger charge is -2.24. The third kappa shape index (κ3) is 3.48. The van der Waals surface area contributed by atoms with Gasteiger partial charge in [0.25, 0.3) is 0 Å². The molecule has 0 aliphatic carbocycles. The van der Waals surface area contributed by atoms with Gasteiger partial charge >= 0.3 is 0 Å². The van der Waals surface area contributed by atoms with Crippen molar-refractivity contribution in [1.29, 1.82) is 0 Å². The highest BCUT2D eigenvalue weighted by atomic mass is 15.3. The number of hydrogen-bond acceptors (Lipinski definition) is 5. The fourth-order valence-electron chi connectivity index (χ4n) is 2.33. The molecule has 0 amide bonds. The van der Waals surface area contributed by atoms with Crippen molar-refractivity contribution in [2.75, 3.05) is 29.4 Å². The van der Waals surface area contributed by atoms with Gasteiger partial charge in [-0.2, -0.15) is 10.1 Å². The van der Waals surface area contributed by atoms with Gasteiger partial charge in [-0.05, 0) is 45.4 Å². The zero-order valence-electron chi connectivity index (χ0n) is 13.2. The predicted molar refractivity (Wildman–Crippen MR) is 87.2 cm³/mol. The Kier molecular flexibility index (Phi) is 5.09. The van der Waals surface area contributed by atoms with Gasteiger partial charge in [0.1, 0.15) is 0 Å². The standard InChI is InChI=1S/C16H23N5/c1-5-20(6-2)16-18-15(12-17-19-16)21(7-3)14-10-8-9-13(4)11-14/h8-12H,5-7H2,1-4H3. The monoisotopic (exact) mass is 285 g/mol. The van der Waals surface area contributed by atoms with E-state index in [9.17, 15) is 0 Å². The van der Waals surface area contributed by atoms with Gasteiger partial charge in [-0.15, -0.1) is 5.10 Å². The molecule has 0 unspecified atom stereocenters. The highest BCUT2D eigenvalue weighted by Gasteiger charge is 2.13. The molecule has 0 spiro atoms. The molecule has 0 fully saturated rings. The maximum atomic E-state index is 4.67. The molecule has 2 rings (SSSR count). The zero-order valence-corrected chi connectivity index (χ0v) is 13.2. The predicted octanol–water partition coefficient (Wildman–Crippen LogP) is 3.18. The number of hydrogen-bond donors (Lipinski definition) is 0. The molecule has 1 aromatic heterocycles. The minimum Gasteiger partial charge on any atom is -0.340 e. The third-order valence-corrected chi connectivity index (χ3v) is 3.49. The average Bonchev–Trinajstić information content (AvgIpc) is 2.50. The van der Waals surface area contributed by atoms with Gasteiger partial charge < -0.3 is 9.80 Å². The van der Waals surface area contributed by atoms with Crippen LogP contribution in [0.25, 0.3) is 0 Å². The van der Waals surface area contributed by atoms with Gasteiger partial charge in [0, 0.05) is 25.3 Å². The van der Waals surface area contributed by atoms with Gasteiger partial charge in [0.05, 0.1) is 6.20 Å². The van der Waals surface area contributed by atoms with E-state index in [1.807, 2.05) is 0 Å². The highest BCUT2D eigenvalue weighted by Crippen LogP contribution is 2.24. The van der Waals surface area contributed by atoms with Crippen LogP contribution in [-0.4, -0.2) is 34.8 Å². The molecule has 0 atom stereocenters. The summed E-state index contributed by atoms with van der Waals surface area (Å²) in [6, 6.07) is 8.41. The molecule has 0 saturated carbocycles. The van der Waals surface area contributed by atoms with Gasteiger partial charge in [-0.1, -0.05) is 12.1 Å². The minimum absolute atomic E-state index is 0.684. The van der Waals surface area contributed by atoms with Crippen LogP contribution < -0.4 is 9.80 Å². The Balaban J connectivity index is 2.36. The molecule has 1 aromatic carbocycles. The molecule has 1 heterocycles. The Bertz CT molecular complexity index is 580. The Labute approximate surface area is 126 Å². The summed E-state index contributed by atoms with van der Waals surface area (Å²) >= 11 is 0. The van der Waals surface area contributed by atoms with Crippen LogP contribution in [0.5, 0.6) is 0 Å². The summed E-state index contributed by atoms with van der Waals surface area (Å²) in [5.74, 6) is 1.52. The van der Waals surface area contributed by atoms with Crippen LogP contribution in [-0.2, 0) is 0 Å². The number of rotatable bonds is 6. The van der Waals surface area contributed by atoms with Crippen molar-refractivity contribution >= 4 is 17.5 Å². The molecule has 0 saturated heterocycles. The molecule has 0 N–H and O–H groups in total. The largest absolute Gasteiger partial charge is 0.340 e. The van der Waals surface area contributed by atoms with E-state index in [-0.39, 0.29) is 0 Å². The van der Waals surface area contributed by atoms with Gasteiger partial charge in [-0.3, -0.25) is 0 Å². The molecular formula is C16H23N5. The molecular weight excluding hydrogens is 262 g/mol. The van der Waals surface area contributed by atoms with Crippen molar-refractivity contribution in [3.05, 3.63) is 36.0 Å². The van der Waals surface area contributed by atoms with Crippen LogP contribution in [0, 0.1) is 6.92 Å². The summed E-state index contributed by atoms with van der Waals surface area (Å²) in [6.07, 6.45) is 1.72. The first-order valence-corrected chi connectivity index (χ1v) is 7.48. The maximum Gasteiger partial charge on any atom is 0.247 e. The third-order valence-electron chi connectivity index (χ3n) is 3.49. The van der Waals surface area contributed by atoms with Crippen LogP contribution in [0.15, 0.2) is 30.5 Å². The van der Waals surface area contributed by atoms with E-state index in [2.05, 4.69) is 76.9 Å². The molecule has 2 aromatic rings. The van der Waals surface area contributed by atoms with E-state index in [0.29, 0.717) is 5.95 Å². The lowest BCUT2D eigenvalue weighted by molar-refractivity contribution is 0.788. The van der Waals surface area contributed by atoms with Crippen molar-refractivity contribution in [3.63, 3.8) is 0 Å². The average molecular weight is 285 g/mol. The van der Waals surface area contributed by atoms with Crippen molar-refractivity contribution < 1.29 is 0 Å². The number of nitrogens with zero attached hydrogens (tertiary/aromatic N) is 5. The smallest absolute Gasteiger partial charge is 0.247 e. The molecule has 5 heteroatoms. The van der Waals surface area contributed by atoms with Crippen molar-refractivity contribution in [1.82, 2.24) is 15.2 Å². The Hall–Kier alpha value is -2.17. The SMILES string of the molecule is CCN(CC)c1nncc(N(CC)c2cccc(C)c2)n1. The molecule has 112 valence electrons. The fourth-order valence-corrected chi connectivity index (χ4v) is 2.33. The Morgan fingerprint density at radius 2 is 1.81 bits per heavy atom. The van der Waals surface area contributed by atoms with E-state index >= 15 is 0 Å².